The molecule has 1 heterocycles. The molecule has 0 saturated carbocycles. The molecule has 0 fully saturated rings. The van der Waals surface area contributed by atoms with Crippen LogP contribution < -0.4 is 4.74 Å². The normalized spacial score (nSPS) is 18.9. The molecule has 0 bridgehead atoms. The summed E-state index contributed by atoms with van der Waals surface area (Å²) in [5.41, 5.74) is 1.26. The lowest BCUT2D eigenvalue weighted by molar-refractivity contribution is 0.153. The summed E-state index contributed by atoms with van der Waals surface area (Å²) in [5, 5.41) is 0. The number of halogens is 2. The highest BCUT2D eigenvalue weighted by atomic mass is 35.5. The summed E-state index contributed by atoms with van der Waals surface area (Å²) in [7, 11) is 0. The Kier molecular flexibility index (Phi) is 4.96. The third-order valence-electron chi connectivity index (χ3n) is 3.11. The second-order valence-corrected chi connectivity index (χ2v) is 4.86. The highest BCUT2D eigenvalue weighted by Crippen LogP contribution is 2.35. The Hall–Kier alpha value is -0.440. The molecule has 0 N–H and O–H groups in total. The van der Waals surface area contributed by atoms with Crippen molar-refractivity contribution in [1.29, 1.82) is 0 Å². The zero-order chi connectivity index (χ0) is 12.1. The second-order valence-electron chi connectivity index (χ2n) is 4.10. The Morgan fingerprint density at radius 3 is 2.59 bits per heavy atom. The Morgan fingerprint density at radius 2 is 1.88 bits per heavy atom. The van der Waals surface area contributed by atoms with Gasteiger partial charge in [0, 0.05) is 42.9 Å². The molecule has 0 radical (unpaired) electrons. The molecule has 94 valence electrons. The quantitative estimate of drug-likeness (QED) is 0.764. The van der Waals surface area contributed by atoms with Gasteiger partial charge in [0.1, 0.15) is 5.75 Å². The van der Waals surface area contributed by atoms with Crippen LogP contribution >= 0.6 is 23.2 Å². The van der Waals surface area contributed by atoms with E-state index in [4.69, 9.17) is 27.9 Å². The number of hydrogen-bond acceptors (Lipinski definition) is 2. The maximum atomic E-state index is 5.86. The van der Waals surface area contributed by atoms with Gasteiger partial charge in [0.2, 0.25) is 0 Å². The first-order chi connectivity index (χ1) is 8.36. The van der Waals surface area contributed by atoms with E-state index in [2.05, 4.69) is 17.0 Å². The van der Waals surface area contributed by atoms with Gasteiger partial charge in [0.15, 0.2) is 0 Å². The molecule has 1 aromatic rings. The molecule has 17 heavy (non-hydrogen) atoms. The van der Waals surface area contributed by atoms with Crippen molar-refractivity contribution in [3.63, 3.8) is 0 Å². The number of hydrogen-bond donors (Lipinski definition) is 0. The van der Waals surface area contributed by atoms with Crippen LogP contribution in [0.5, 0.6) is 5.75 Å². The maximum Gasteiger partial charge on any atom is 0.124 e. The highest BCUT2D eigenvalue weighted by molar-refractivity contribution is 6.18. The van der Waals surface area contributed by atoms with E-state index in [9.17, 15) is 0 Å². The first kappa shape index (κ1) is 13.0. The van der Waals surface area contributed by atoms with Gasteiger partial charge in [-0.3, -0.25) is 4.90 Å². The molecule has 1 aliphatic rings. The van der Waals surface area contributed by atoms with E-state index >= 15 is 0 Å². The Bertz CT molecular complexity index is 353. The van der Waals surface area contributed by atoms with E-state index in [1.807, 2.05) is 12.1 Å². The summed E-state index contributed by atoms with van der Waals surface area (Å²) in [6.07, 6.45) is 1.00. The summed E-state index contributed by atoms with van der Waals surface area (Å²) in [6, 6.07) is 8.61. The predicted molar refractivity (Wildman–Crippen MR) is 72.3 cm³/mol. The van der Waals surface area contributed by atoms with Crippen LogP contribution in [0.2, 0.25) is 0 Å². The minimum atomic E-state index is 0.387. The minimum Gasteiger partial charge on any atom is -0.493 e. The van der Waals surface area contributed by atoms with Gasteiger partial charge in [-0.2, -0.15) is 0 Å². The minimum absolute atomic E-state index is 0.387. The third kappa shape index (κ3) is 3.06. The number of para-hydroxylation sites is 1. The number of ether oxygens (including phenoxy) is 1. The molecule has 1 aromatic carbocycles. The van der Waals surface area contributed by atoms with E-state index < -0.39 is 0 Å². The molecule has 0 saturated heterocycles. The molecule has 0 spiro atoms. The standard InChI is InChI=1S/C13H17Cl2NO/c14-6-8-16(9-7-15)12-5-10-17-13-4-2-1-3-11(12)13/h1-4,12H,5-10H2. The summed E-state index contributed by atoms with van der Waals surface area (Å²) in [4.78, 5) is 2.35. The van der Waals surface area contributed by atoms with Gasteiger partial charge in [-0.1, -0.05) is 18.2 Å². The van der Waals surface area contributed by atoms with Gasteiger partial charge >= 0.3 is 0 Å². The van der Waals surface area contributed by atoms with E-state index in [-0.39, 0.29) is 0 Å². The Labute approximate surface area is 112 Å². The lowest BCUT2D eigenvalue weighted by atomic mass is 9.99. The summed E-state index contributed by atoms with van der Waals surface area (Å²) >= 11 is 11.7. The van der Waals surface area contributed by atoms with Crippen molar-refractivity contribution in [2.24, 2.45) is 0 Å². The average Bonchev–Trinajstić information content (AvgIpc) is 2.38. The van der Waals surface area contributed by atoms with Gasteiger partial charge in [-0.15, -0.1) is 23.2 Å². The smallest absolute Gasteiger partial charge is 0.124 e. The lowest BCUT2D eigenvalue weighted by Gasteiger charge is -2.35. The fourth-order valence-corrected chi connectivity index (χ4v) is 2.78. The average molecular weight is 274 g/mol. The van der Waals surface area contributed by atoms with Crippen LogP contribution in [-0.4, -0.2) is 36.4 Å². The number of fused-ring (bicyclic) bond motifs is 1. The first-order valence-electron chi connectivity index (χ1n) is 5.94. The van der Waals surface area contributed by atoms with Crippen molar-refractivity contribution in [2.75, 3.05) is 31.5 Å². The predicted octanol–water partition coefficient (Wildman–Crippen LogP) is 3.29. The van der Waals surface area contributed by atoms with E-state index in [0.717, 1.165) is 31.9 Å². The van der Waals surface area contributed by atoms with Crippen molar-refractivity contribution < 1.29 is 4.74 Å². The molecule has 2 nitrogen and oxygen atoms in total. The Morgan fingerprint density at radius 1 is 1.18 bits per heavy atom. The van der Waals surface area contributed by atoms with Crippen molar-refractivity contribution in [3.05, 3.63) is 29.8 Å². The molecular weight excluding hydrogens is 257 g/mol. The van der Waals surface area contributed by atoms with Gasteiger partial charge in [0.25, 0.3) is 0 Å². The monoisotopic (exact) mass is 273 g/mol. The molecule has 4 heteroatoms. The Balaban J connectivity index is 2.20. The zero-order valence-electron chi connectivity index (χ0n) is 9.74. The second kappa shape index (κ2) is 6.48. The van der Waals surface area contributed by atoms with Crippen LogP contribution in [0.4, 0.5) is 0 Å². The van der Waals surface area contributed by atoms with Crippen molar-refractivity contribution >= 4 is 23.2 Å². The lowest BCUT2D eigenvalue weighted by Crippen LogP contribution is -2.35. The summed E-state index contributed by atoms with van der Waals surface area (Å²) in [6.45, 7) is 2.50. The van der Waals surface area contributed by atoms with Gasteiger partial charge in [0.05, 0.1) is 6.61 Å². The SMILES string of the molecule is ClCCN(CCCl)C1CCOc2ccccc21. The van der Waals surface area contributed by atoms with Gasteiger partial charge in [-0.25, -0.2) is 0 Å². The van der Waals surface area contributed by atoms with E-state index in [1.54, 1.807) is 0 Å². The van der Waals surface area contributed by atoms with Crippen LogP contribution in [0.1, 0.15) is 18.0 Å². The van der Waals surface area contributed by atoms with Crippen LogP contribution in [0, 0.1) is 0 Å². The van der Waals surface area contributed by atoms with Crippen molar-refractivity contribution in [3.8, 4) is 5.75 Å². The molecule has 1 unspecified atom stereocenters. The van der Waals surface area contributed by atoms with Crippen molar-refractivity contribution in [1.82, 2.24) is 4.90 Å². The largest absolute Gasteiger partial charge is 0.493 e. The highest BCUT2D eigenvalue weighted by Gasteiger charge is 2.25. The summed E-state index contributed by atoms with van der Waals surface area (Å²) < 4.78 is 5.67. The molecular formula is C13H17Cl2NO. The third-order valence-corrected chi connectivity index (χ3v) is 3.45. The molecule has 1 aliphatic heterocycles. The topological polar surface area (TPSA) is 12.5 Å². The van der Waals surface area contributed by atoms with Crippen LogP contribution in [0.3, 0.4) is 0 Å². The number of nitrogens with zero attached hydrogens (tertiary/aromatic N) is 1. The molecule has 0 aromatic heterocycles. The molecule has 1 atom stereocenters. The first-order valence-corrected chi connectivity index (χ1v) is 7.01. The number of rotatable bonds is 5. The van der Waals surface area contributed by atoms with Crippen LogP contribution in [0.25, 0.3) is 0 Å². The van der Waals surface area contributed by atoms with Crippen LogP contribution in [0.15, 0.2) is 24.3 Å². The fourth-order valence-electron chi connectivity index (χ4n) is 2.34. The molecule has 0 aliphatic carbocycles. The van der Waals surface area contributed by atoms with Gasteiger partial charge in [-0.05, 0) is 6.07 Å². The summed E-state index contributed by atoms with van der Waals surface area (Å²) in [5.74, 6) is 2.27. The van der Waals surface area contributed by atoms with E-state index in [0.29, 0.717) is 17.8 Å². The molecule has 2 rings (SSSR count). The van der Waals surface area contributed by atoms with E-state index in [1.165, 1.54) is 5.56 Å². The molecule has 0 amide bonds. The van der Waals surface area contributed by atoms with Gasteiger partial charge < -0.3 is 4.74 Å². The fraction of sp³-hybridized carbons (Fsp3) is 0.538. The maximum absolute atomic E-state index is 5.86. The number of alkyl halides is 2. The zero-order valence-corrected chi connectivity index (χ0v) is 11.3. The van der Waals surface area contributed by atoms with Crippen LogP contribution in [-0.2, 0) is 0 Å². The van der Waals surface area contributed by atoms with Crippen molar-refractivity contribution in [2.45, 2.75) is 12.5 Å². The number of benzene rings is 1.